The third-order valence-corrected chi connectivity index (χ3v) is 2.15. The van der Waals surface area contributed by atoms with Crippen molar-refractivity contribution < 1.29 is 9.53 Å². The van der Waals surface area contributed by atoms with Gasteiger partial charge in [-0.25, -0.2) is 0 Å². The van der Waals surface area contributed by atoms with Crippen molar-refractivity contribution in [2.24, 2.45) is 5.73 Å². The van der Waals surface area contributed by atoms with Gasteiger partial charge in [0.15, 0.2) is 0 Å². The Labute approximate surface area is 88.5 Å². The lowest BCUT2D eigenvalue weighted by atomic mass is 10.1. The van der Waals surface area contributed by atoms with Gasteiger partial charge < -0.3 is 16.2 Å². The van der Waals surface area contributed by atoms with Gasteiger partial charge in [0.25, 0.3) is 0 Å². The van der Waals surface area contributed by atoms with E-state index in [0.717, 1.165) is 16.9 Å². The summed E-state index contributed by atoms with van der Waals surface area (Å²) >= 11 is 0. The summed E-state index contributed by atoms with van der Waals surface area (Å²) in [6, 6.07) is 3.58. The Kier molecular flexibility index (Phi) is 3.33. The lowest BCUT2D eigenvalue weighted by molar-refractivity contribution is -0.113. The highest BCUT2D eigenvalue weighted by molar-refractivity contribution is 5.91. The van der Waals surface area contributed by atoms with Crippen LogP contribution < -0.4 is 16.2 Å². The van der Waals surface area contributed by atoms with Crippen LogP contribution in [-0.2, 0) is 4.79 Å². The lowest BCUT2D eigenvalue weighted by Crippen LogP contribution is -2.05. The predicted molar refractivity (Wildman–Crippen MR) is 60.4 cm³/mol. The van der Waals surface area contributed by atoms with Crippen LogP contribution in [0.2, 0.25) is 0 Å². The summed E-state index contributed by atoms with van der Waals surface area (Å²) in [4.78, 5) is 10.6. The maximum absolute atomic E-state index is 10.6. The Morgan fingerprint density at radius 2 is 2.13 bits per heavy atom. The molecule has 0 bridgehead atoms. The van der Waals surface area contributed by atoms with Gasteiger partial charge in [0.1, 0.15) is 5.75 Å². The van der Waals surface area contributed by atoms with Crippen LogP contribution in [-0.4, -0.2) is 13.0 Å². The van der Waals surface area contributed by atoms with Crippen molar-refractivity contribution in [2.45, 2.75) is 6.92 Å². The molecule has 0 aromatic heterocycles. The Morgan fingerprint density at radius 1 is 1.47 bits per heavy atom. The zero-order valence-electron chi connectivity index (χ0n) is 8.78. The maximum atomic E-state index is 10.6. The van der Waals surface area contributed by atoms with Gasteiger partial charge in [-0.2, -0.15) is 0 Å². The van der Waals surface area contributed by atoms with E-state index in [1.165, 1.54) is 6.08 Å². The van der Waals surface area contributed by atoms with Gasteiger partial charge in [-0.3, -0.25) is 4.79 Å². The number of carbonyl (C=O) groups is 1. The largest absolute Gasteiger partial charge is 0.496 e. The standard InChI is InChI=1S/C11H14N2O2/c1-7-9(15-2)5-3-8(11(7)13)4-6-10(12)14/h3-6H,13H2,1-2H3,(H2,12,14). The van der Waals surface area contributed by atoms with E-state index in [0.29, 0.717) is 5.69 Å². The molecule has 0 radical (unpaired) electrons. The summed E-state index contributed by atoms with van der Waals surface area (Å²) in [5.74, 6) is 0.228. The molecule has 15 heavy (non-hydrogen) atoms. The summed E-state index contributed by atoms with van der Waals surface area (Å²) in [7, 11) is 1.58. The zero-order chi connectivity index (χ0) is 11.4. The summed E-state index contributed by atoms with van der Waals surface area (Å²) < 4.78 is 5.11. The van der Waals surface area contributed by atoms with Crippen LogP contribution in [0.25, 0.3) is 6.08 Å². The monoisotopic (exact) mass is 206 g/mol. The van der Waals surface area contributed by atoms with Crippen LogP contribution >= 0.6 is 0 Å². The van der Waals surface area contributed by atoms with E-state index >= 15 is 0 Å². The number of nitrogens with two attached hydrogens (primary N) is 2. The molecule has 4 nitrogen and oxygen atoms in total. The molecule has 80 valence electrons. The number of anilines is 1. The molecule has 0 saturated heterocycles. The number of methoxy groups -OCH3 is 1. The second-order valence-corrected chi connectivity index (χ2v) is 3.13. The third-order valence-electron chi connectivity index (χ3n) is 2.15. The summed E-state index contributed by atoms with van der Waals surface area (Å²) in [5, 5.41) is 0. The number of hydrogen-bond donors (Lipinski definition) is 2. The summed E-state index contributed by atoms with van der Waals surface area (Å²) in [6.45, 7) is 1.86. The van der Waals surface area contributed by atoms with E-state index in [4.69, 9.17) is 16.2 Å². The van der Waals surface area contributed by atoms with Crippen LogP contribution in [0, 0.1) is 6.92 Å². The first-order chi connectivity index (χ1) is 7.06. The average molecular weight is 206 g/mol. The van der Waals surface area contributed by atoms with Gasteiger partial charge in [0, 0.05) is 17.3 Å². The van der Waals surface area contributed by atoms with Crippen molar-refractivity contribution in [1.82, 2.24) is 0 Å². The number of primary amides is 1. The molecule has 0 fully saturated rings. The topological polar surface area (TPSA) is 78.3 Å². The molecule has 0 aliphatic carbocycles. The van der Waals surface area contributed by atoms with E-state index in [1.54, 1.807) is 25.3 Å². The summed E-state index contributed by atoms with van der Waals surface area (Å²) in [5.41, 5.74) is 13.1. The Bertz CT molecular complexity index is 411. The number of nitrogen functional groups attached to an aromatic ring is 1. The number of rotatable bonds is 3. The van der Waals surface area contributed by atoms with Crippen LogP contribution in [0.4, 0.5) is 5.69 Å². The van der Waals surface area contributed by atoms with Crippen LogP contribution in [0.15, 0.2) is 18.2 Å². The van der Waals surface area contributed by atoms with E-state index in [9.17, 15) is 4.79 Å². The molecule has 0 saturated carbocycles. The van der Waals surface area contributed by atoms with Crippen molar-refractivity contribution in [2.75, 3.05) is 12.8 Å². The molecule has 0 aliphatic heterocycles. The second-order valence-electron chi connectivity index (χ2n) is 3.13. The number of amides is 1. The van der Waals surface area contributed by atoms with Crippen molar-refractivity contribution in [3.8, 4) is 5.75 Å². The highest BCUT2D eigenvalue weighted by atomic mass is 16.5. The molecule has 1 amide bonds. The highest BCUT2D eigenvalue weighted by Crippen LogP contribution is 2.27. The molecule has 0 spiro atoms. The molecule has 0 atom stereocenters. The van der Waals surface area contributed by atoms with Crippen LogP contribution in [0.1, 0.15) is 11.1 Å². The van der Waals surface area contributed by atoms with Gasteiger partial charge in [-0.15, -0.1) is 0 Å². The molecular formula is C11H14N2O2. The van der Waals surface area contributed by atoms with Gasteiger partial charge in [-0.1, -0.05) is 0 Å². The quantitative estimate of drug-likeness (QED) is 0.574. The van der Waals surface area contributed by atoms with Crippen molar-refractivity contribution >= 4 is 17.7 Å². The van der Waals surface area contributed by atoms with Gasteiger partial charge >= 0.3 is 0 Å². The fraction of sp³-hybridized carbons (Fsp3) is 0.182. The summed E-state index contributed by atoms with van der Waals surface area (Å²) in [6.07, 6.45) is 2.86. The normalized spacial score (nSPS) is 10.5. The van der Waals surface area contributed by atoms with E-state index in [-0.39, 0.29) is 0 Å². The second kappa shape index (κ2) is 4.50. The van der Waals surface area contributed by atoms with E-state index in [2.05, 4.69) is 0 Å². The molecule has 1 aromatic carbocycles. The average Bonchev–Trinajstić information content (AvgIpc) is 2.20. The van der Waals surface area contributed by atoms with E-state index < -0.39 is 5.91 Å². The Morgan fingerprint density at radius 3 is 2.67 bits per heavy atom. The first kappa shape index (κ1) is 11.1. The Hall–Kier alpha value is -1.97. The molecule has 1 aromatic rings. The lowest BCUT2D eigenvalue weighted by Gasteiger charge is -2.09. The minimum Gasteiger partial charge on any atom is -0.496 e. The molecule has 4 heteroatoms. The molecule has 0 heterocycles. The Balaban J connectivity index is 3.12. The first-order valence-corrected chi connectivity index (χ1v) is 4.47. The predicted octanol–water partition coefficient (Wildman–Crippen LogP) is 1.08. The first-order valence-electron chi connectivity index (χ1n) is 4.47. The number of carbonyl (C=O) groups excluding carboxylic acids is 1. The SMILES string of the molecule is COc1ccc(C=CC(N)=O)c(N)c1C. The van der Waals surface area contributed by atoms with Crippen molar-refractivity contribution in [3.63, 3.8) is 0 Å². The minimum absolute atomic E-state index is 0.497. The zero-order valence-corrected chi connectivity index (χ0v) is 8.78. The van der Waals surface area contributed by atoms with Gasteiger partial charge in [-0.05, 0) is 30.7 Å². The third kappa shape index (κ3) is 2.49. The smallest absolute Gasteiger partial charge is 0.241 e. The number of ether oxygens (including phenoxy) is 1. The number of hydrogen-bond acceptors (Lipinski definition) is 3. The fourth-order valence-corrected chi connectivity index (χ4v) is 1.27. The molecular weight excluding hydrogens is 192 g/mol. The highest BCUT2D eigenvalue weighted by Gasteiger charge is 2.05. The maximum Gasteiger partial charge on any atom is 0.241 e. The molecule has 0 aliphatic rings. The van der Waals surface area contributed by atoms with Crippen LogP contribution in [0.5, 0.6) is 5.75 Å². The number of benzene rings is 1. The molecule has 0 unspecified atom stereocenters. The minimum atomic E-state index is -0.497. The molecule has 1 rings (SSSR count). The van der Waals surface area contributed by atoms with Crippen molar-refractivity contribution in [3.05, 3.63) is 29.3 Å². The van der Waals surface area contributed by atoms with Gasteiger partial charge in [0.05, 0.1) is 7.11 Å². The van der Waals surface area contributed by atoms with Crippen LogP contribution in [0.3, 0.4) is 0 Å². The molecule has 4 N–H and O–H groups in total. The van der Waals surface area contributed by atoms with Crippen molar-refractivity contribution in [1.29, 1.82) is 0 Å². The fourth-order valence-electron chi connectivity index (χ4n) is 1.27. The van der Waals surface area contributed by atoms with E-state index in [1.807, 2.05) is 6.92 Å². The van der Waals surface area contributed by atoms with Gasteiger partial charge in [0.2, 0.25) is 5.91 Å².